The molecule has 2 rings (SSSR count). The Morgan fingerprint density at radius 2 is 2.24 bits per heavy atom. The molecule has 0 unspecified atom stereocenters. The van der Waals surface area contributed by atoms with Crippen LogP contribution in [-0.4, -0.2) is 24.5 Å². The Labute approximate surface area is 134 Å². The Morgan fingerprint density at radius 1 is 1.38 bits per heavy atom. The van der Waals surface area contributed by atoms with Crippen LogP contribution in [0, 0.1) is 6.92 Å². The Kier molecular flexibility index (Phi) is 6.20. The topological polar surface area (TPSA) is 49.3 Å². The van der Waals surface area contributed by atoms with Crippen molar-refractivity contribution in [2.24, 2.45) is 4.99 Å². The number of nitrogens with one attached hydrogen (secondary N) is 2. The maximum atomic E-state index is 4.66. The molecule has 0 bridgehead atoms. The van der Waals surface area contributed by atoms with E-state index >= 15 is 0 Å². The molecule has 0 radical (unpaired) electrons. The van der Waals surface area contributed by atoms with Gasteiger partial charge in [-0.05, 0) is 24.8 Å². The Morgan fingerprint density at radius 3 is 2.86 bits per heavy atom. The molecule has 0 aliphatic carbocycles. The van der Waals surface area contributed by atoms with Gasteiger partial charge in [-0.1, -0.05) is 13.0 Å². The Hall–Kier alpha value is -1.40. The molecule has 21 heavy (non-hydrogen) atoms. The van der Waals surface area contributed by atoms with Gasteiger partial charge in [0.2, 0.25) is 0 Å². The first kappa shape index (κ1) is 16.0. The van der Waals surface area contributed by atoms with Crippen molar-refractivity contribution in [3.63, 3.8) is 0 Å². The third-order valence-electron chi connectivity index (χ3n) is 3.14. The lowest BCUT2D eigenvalue weighted by Crippen LogP contribution is -2.37. The smallest absolute Gasteiger partial charge is 0.191 e. The fraction of sp³-hybridized carbons (Fsp3) is 0.467. The normalized spacial score (nSPS) is 11.7. The lowest BCUT2D eigenvalue weighted by molar-refractivity contribution is 0.794. The number of thiazole rings is 1. The molecule has 0 aliphatic heterocycles. The first-order chi connectivity index (χ1) is 10.2. The van der Waals surface area contributed by atoms with E-state index in [2.05, 4.69) is 52.0 Å². The number of hydrogen-bond donors (Lipinski definition) is 2. The molecule has 2 heterocycles. The highest BCUT2D eigenvalue weighted by atomic mass is 32.1. The van der Waals surface area contributed by atoms with Crippen LogP contribution < -0.4 is 10.6 Å². The summed E-state index contributed by atoms with van der Waals surface area (Å²) in [5.41, 5.74) is 1.23. The van der Waals surface area contributed by atoms with Crippen molar-refractivity contribution in [2.45, 2.75) is 33.2 Å². The number of hydrogen-bond acceptors (Lipinski definition) is 4. The molecule has 114 valence electrons. The zero-order valence-corrected chi connectivity index (χ0v) is 14.4. The molecule has 4 nitrogen and oxygen atoms in total. The summed E-state index contributed by atoms with van der Waals surface area (Å²) in [5, 5.41) is 9.94. The van der Waals surface area contributed by atoms with Crippen LogP contribution in [0.1, 0.15) is 27.4 Å². The van der Waals surface area contributed by atoms with Gasteiger partial charge in [-0.25, -0.2) is 4.98 Å². The Bertz CT molecular complexity index is 573. The number of rotatable bonds is 6. The second-order valence-electron chi connectivity index (χ2n) is 4.65. The highest BCUT2D eigenvalue weighted by Gasteiger charge is 2.06. The largest absolute Gasteiger partial charge is 0.356 e. The van der Waals surface area contributed by atoms with E-state index in [1.54, 1.807) is 29.7 Å². The standard InChI is InChI=1S/C15H22N4S2/c1-4-13-11(2)21-14(19-13)7-8-17-15(16-3)18-10-12-6-5-9-20-12/h5-6,9H,4,7-8,10H2,1-3H3,(H2,16,17,18). The number of aliphatic imine (C=N–C) groups is 1. The third-order valence-corrected chi connectivity index (χ3v) is 5.09. The highest BCUT2D eigenvalue weighted by molar-refractivity contribution is 7.11. The maximum absolute atomic E-state index is 4.66. The Balaban J connectivity index is 1.75. The minimum absolute atomic E-state index is 0.813. The monoisotopic (exact) mass is 322 g/mol. The molecule has 0 saturated heterocycles. The summed E-state index contributed by atoms with van der Waals surface area (Å²) < 4.78 is 0. The molecular formula is C15H22N4S2. The molecule has 0 atom stereocenters. The van der Waals surface area contributed by atoms with Gasteiger partial charge in [0.25, 0.3) is 0 Å². The van der Waals surface area contributed by atoms with Crippen molar-refractivity contribution < 1.29 is 0 Å². The molecule has 0 aromatic carbocycles. The molecule has 0 fully saturated rings. The van der Waals surface area contributed by atoms with Gasteiger partial charge >= 0.3 is 0 Å². The van der Waals surface area contributed by atoms with E-state index in [0.717, 1.165) is 31.9 Å². The van der Waals surface area contributed by atoms with Crippen LogP contribution in [-0.2, 0) is 19.4 Å². The van der Waals surface area contributed by atoms with Gasteiger partial charge < -0.3 is 10.6 Å². The van der Waals surface area contributed by atoms with Crippen LogP contribution in [0.2, 0.25) is 0 Å². The van der Waals surface area contributed by atoms with Gasteiger partial charge in [-0.2, -0.15) is 0 Å². The molecule has 2 N–H and O–H groups in total. The van der Waals surface area contributed by atoms with Crippen LogP contribution in [0.25, 0.3) is 0 Å². The summed E-state index contributed by atoms with van der Waals surface area (Å²) in [6, 6.07) is 4.18. The summed E-state index contributed by atoms with van der Waals surface area (Å²) in [6.45, 7) is 5.96. The SMILES string of the molecule is CCc1nc(CCNC(=NC)NCc2cccs2)sc1C. The minimum Gasteiger partial charge on any atom is -0.356 e. The van der Waals surface area contributed by atoms with Crippen molar-refractivity contribution >= 4 is 28.6 Å². The van der Waals surface area contributed by atoms with Crippen LogP contribution in [0.15, 0.2) is 22.5 Å². The molecule has 2 aromatic heterocycles. The number of thiophene rings is 1. The number of guanidine groups is 1. The van der Waals surface area contributed by atoms with Gasteiger partial charge in [0.1, 0.15) is 0 Å². The number of nitrogens with zero attached hydrogens (tertiary/aromatic N) is 2. The van der Waals surface area contributed by atoms with Gasteiger partial charge in [0.05, 0.1) is 17.2 Å². The zero-order chi connectivity index (χ0) is 15.1. The predicted octanol–water partition coefficient (Wildman–Crippen LogP) is 2.98. The molecular weight excluding hydrogens is 300 g/mol. The highest BCUT2D eigenvalue weighted by Crippen LogP contribution is 2.17. The molecule has 0 spiro atoms. The van der Waals surface area contributed by atoms with Crippen LogP contribution in [0.3, 0.4) is 0 Å². The molecule has 2 aromatic rings. The minimum atomic E-state index is 0.813. The zero-order valence-electron chi connectivity index (χ0n) is 12.8. The molecule has 0 saturated carbocycles. The molecule has 6 heteroatoms. The first-order valence-corrected chi connectivity index (χ1v) is 8.84. The van der Waals surface area contributed by atoms with Gasteiger partial charge in [-0.15, -0.1) is 22.7 Å². The third kappa shape index (κ3) is 4.82. The summed E-state index contributed by atoms with van der Waals surface area (Å²) >= 11 is 3.55. The lowest BCUT2D eigenvalue weighted by atomic mass is 10.3. The maximum Gasteiger partial charge on any atom is 0.191 e. The van der Waals surface area contributed by atoms with Crippen molar-refractivity contribution in [1.29, 1.82) is 0 Å². The summed E-state index contributed by atoms with van der Waals surface area (Å²) in [6.07, 6.45) is 1.95. The van der Waals surface area contributed by atoms with E-state index in [4.69, 9.17) is 0 Å². The quantitative estimate of drug-likeness (QED) is 0.635. The van der Waals surface area contributed by atoms with Gasteiger partial charge in [0.15, 0.2) is 5.96 Å². The van der Waals surface area contributed by atoms with Crippen molar-refractivity contribution in [1.82, 2.24) is 15.6 Å². The van der Waals surface area contributed by atoms with Gasteiger partial charge in [0, 0.05) is 29.8 Å². The van der Waals surface area contributed by atoms with E-state index in [9.17, 15) is 0 Å². The van der Waals surface area contributed by atoms with E-state index < -0.39 is 0 Å². The van der Waals surface area contributed by atoms with Crippen LogP contribution >= 0.6 is 22.7 Å². The molecule has 0 amide bonds. The summed E-state index contributed by atoms with van der Waals surface area (Å²) in [4.78, 5) is 11.5. The van der Waals surface area contributed by atoms with Crippen LogP contribution in [0.5, 0.6) is 0 Å². The van der Waals surface area contributed by atoms with E-state index in [1.807, 2.05) is 0 Å². The van der Waals surface area contributed by atoms with E-state index in [1.165, 1.54) is 20.5 Å². The molecule has 0 aliphatic rings. The second-order valence-corrected chi connectivity index (χ2v) is 6.97. The van der Waals surface area contributed by atoms with Crippen LogP contribution in [0.4, 0.5) is 0 Å². The van der Waals surface area contributed by atoms with Crippen molar-refractivity contribution in [2.75, 3.05) is 13.6 Å². The lowest BCUT2D eigenvalue weighted by Gasteiger charge is -2.10. The van der Waals surface area contributed by atoms with Gasteiger partial charge in [-0.3, -0.25) is 4.99 Å². The average Bonchev–Trinajstić information content (AvgIpc) is 3.12. The first-order valence-electron chi connectivity index (χ1n) is 7.15. The van der Waals surface area contributed by atoms with E-state index in [-0.39, 0.29) is 0 Å². The second kappa shape index (κ2) is 8.14. The van der Waals surface area contributed by atoms with Crippen molar-refractivity contribution in [3.05, 3.63) is 38.0 Å². The summed E-state index contributed by atoms with van der Waals surface area (Å²) in [7, 11) is 1.80. The summed E-state index contributed by atoms with van der Waals surface area (Å²) in [5.74, 6) is 0.840. The van der Waals surface area contributed by atoms with E-state index in [0.29, 0.717) is 0 Å². The van der Waals surface area contributed by atoms with Crippen molar-refractivity contribution in [3.8, 4) is 0 Å². The number of aryl methyl sites for hydroxylation is 2. The number of aromatic nitrogens is 1. The fourth-order valence-corrected chi connectivity index (χ4v) is 3.68. The predicted molar refractivity (Wildman–Crippen MR) is 92.5 cm³/mol. The average molecular weight is 323 g/mol. The fourth-order valence-electron chi connectivity index (χ4n) is 2.02.